The number of fused-ring (bicyclic) bond motifs is 1. The van der Waals surface area contributed by atoms with Crippen LogP contribution in [0.2, 0.25) is 0 Å². The third kappa shape index (κ3) is 3.17. The molecule has 148 valence electrons. The number of nitrogens with zero attached hydrogens (tertiary/aromatic N) is 4. The second-order valence-corrected chi connectivity index (χ2v) is 7.42. The summed E-state index contributed by atoms with van der Waals surface area (Å²) in [5.74, 6) is 1.60. The molecule has 2 aliphatic heterocycles. The zero-order valence-corrected chi connectivity index (χ0v) is 16.3. The molecule has 1 atom stereocenters. The van der Waals surface area contributed by atoms with Gasteiger partial charge in [0.05, 0.1) is 18.9 Å². The summed E-state index contributed by atoms with van der Waals surface area (Å²) in [6.07, 6.45) is 2.20. The quantitative estimate of drug-likeness (QED) is 0.746. The van der Waals surface area contributed by atoms with Crippen molar-refractivity contribution >= 4 is 17.5 Å². The zero-order chi connectivity index (χ0) is 19.8. The Kier molecular flexibility index (Phi) is 4.52. The van der Waals surface area contributed by atoms with Gasteiger partial charge in [-0.05, 0) is 6.07 Å². The number of hydrogen-bond acceptors (Lipinski definition) is 5. The van der Waals surface area contributed by atoms with Gasteiger partial charge in [-0.15, -0.1) is 0 Å². The molecule has 29 heavy (non-hydrogen) atoms. The van der Waals surface area contributed by atoms with Gasteiger partial charge in [0.15, 0.2) is 0 Å². The molecule has 0 saturated carbocycles. The lowest BCUT2D eigenvalue weighted by molar-refractivity contribution is -0.116. The Balaban J connectivity index is 1.67. The second kappa shape index (κ2) is 7.33. The van der Waals surface area contributed by atoms with Crippen LogP contribution in [0.1, 0.15) is 23.5 Å². The van der Waals surface area contributed by atoms with E-state index in [0.717, 1.165) is 47.1 Å². The lowest BCUT2D eigenvalue weighted by Gasteiger charge is -2.32. The molecule has 0 radical (unpaired) electrons. The van der Waals surface area contributed by atoms with E-state index in [-0.39, 0.29) is 11.8 Å². The Hall–Kier alpha value is -3.19. The highest BCUT2D eigenvalue weighted by molar-refractivity contribution is 5.96. The molecule has 4 heterocycles. The number of ether oxygens (including phenoxy) is 1. The molecule has 7 heteroatoms. The number of nitrogens with one attached hydrogen (secondary N) is 1. The van der Waals surface area contributed by atoms with Crippen molar-refractivity contribution in [3.63, 3.8) is 0 Å². The molecule has 2 aliphatic rings. The molecule has 1 N–H and O–H groups in total. The third-order valence-corrected chi connectivity index (χ3v) is 5.63. The van der Waals surface area contributed by atoms with Crippen LogP contribution in [0.4, 0.5) is 11.6 Å². The van der Waals surface area contributed by atoms with Crippen LogP contribution in [-0.2, 0) is 16.6 Å². The van der Waals surface area contributed by atoms with Crippen LogP contribution in [0.15, 0.2) is 48.7 Å². The van der Waals surface area contributed by atoms with E-state index in [0.29, 0.717) is 19.6 Å². The Labute approximate surface area is 169 Å². The first kappa shape index (κ1) is 17.9. The van der Waals surface area contributed by atoms with Gasteiger partial charge in [-0.25, -0.2) is 4.98 Å². The van der Waals surface area contributed by atoms with Gasteiger partial charge in [0.2, 0.25) is 5.91 Å². The topological polar surface area (TPSA) is 72.3 Å². The number of carbonyl (C=O) groups is 1. The molecule has 0 spiro atoms. The van der Waals surface area contributed by atoms with Crippen LogP contribution in [-0.4, -0.2) is 47.0 Å². The minimum absolute atomic E-state index is 0.00175. The van der Waals surface area contributed by atoms with Crippen molar-refractivity contribution in [2.75, 3.05) is 36.5 Å². The summed E-state index contributed by atoms with van der Waals surface area (Å²) in [5.41, 5.74) is 4.07. The monoisotopic (exact) mass is 389 g/mol. The summed E-state index contributed by atoms with van der Waals surface area (Å²) in [5, 5.41) is 7.79. The van der Waals surface area contributed by atoms with E-state index in [1.165, 1.54) is 0 Å². The number of aryl methyl sites for hydroxylation is 1. The molecular formula is C22H23N5O2. The Morgan fingerprint density at radius 3 is 2.69 bits per heavy atom. The van der Waals surface area contributed by atoms with E-state index >= 15 is 0 Å². The summed E-state index contributed by atoms with van der Waals surface area (Å²) < 4.78 is 7.28. The van der Waals surface area contributed by atoms with Crippen molar-refractivity contribution in [2.45, 2.75) is 12.3 Å². The molecule has 0 bridgehead atoms. The normalized spacial score (nSPS) is 19.0. The average molecular weight is 389 g/mol. The van der Waals surface area contributed by atoms with Gasteiger partial charge < -0.3 is 15.0 Å². The molecule has 0 aliphatic carbocycles. The standard InChI is InChI=1S/C22H23N5O2/c1-26-22-19(20(25-26)15-6-3-2-4-7-15)17(14-18(28)24-22)16-8-5-9-23-21(16)27-10-12-29-13-11-27/h2-9,17H,10-14H2,1H3,(H,24,28)/t17-/m1/s1. The van der Waals surface area contributed by atoms with Crippen LogP contribution in [0.25, 0.3) is 11.3 Å². The van der Waals surface area contributed by atoms with Crippen molar-refractivity contribution in [1.82, 2.24) is 14.8 Å². The minimum atomic E-state index is -0.103. The third-order valence-electron chi connectivity index (χ3n) is 5.63. The molecule has 1 saturated heterocycles. The van der Waals surface area contributed by atoms with Crippen LogP contribution in [0.3, 0.4) is 0 Å². The number of carbonyl (C=O) groups excluding carboxylic acids is 1. The Morgan fingerprint density at radius 2 is 1.90 bits per heavy atom. The molecule has 1 aromatic carbocycles. The summed E-state index contributed by atoms with van der Waals surface area (Å²) >= 11 is 0. The number of rotatable bonds is 3. The fraction of sp³-hybridized carbons (Fsp3) is 0.318. The lowest BCUT2D eigenvalue weighted by atomic mass is 9.84. The van der Waals surface area contributed by atoms with Gasteiger partial charge in [0.25, 0.3) is 0 Å². The maximum absolute atomic E-state index is 12.6. The maximum atomic E-state index is 12.6. The molecule has 2 aromatic heterocycles. The number of hydrogen-bond donors (Lipinski definition) is 1. The van der Waals surface area contributed by atoms with Crippen LogP contribution in [0.5, 0.6) is 0 Å². The van der Waals surface area contributed by atoms with Crippen LogP contribution in [0, 0.1) is 0 Å². The van der Waals surface area contributed by atoms with Crippen molar-refractivity contribution in [3.05, 3.63) is 59.8 Å². The highest BCUT2D eigenvalue weighted by Gasteiger charge is 2.35. The number of amides is 1. The molecule has 3 aromatic rings. The van der Waals surface area contributed by atoms with E-state index in [2.05, 4.69) is 28.4 Å². The minimum Gasteiger partial charge on any atom is -0.378 e. The number of morpholine rings is 1. The number of benzene rings is 1. The number of pyridine rings is 1. The Morgan fingerprint density at radius 1 is 1.10 bits per heavy atom. The Bertz CT molecular complexity index is 1040. The van der Waals surface area contributed by atoms with Crippen molar-refractivity contribution in [2.24, 2.45) is 7.05 Å². The summed E-state index contributed by atoms with van der Waals surface area (Å²) in [6, 6.07) is 14.2. The van der Waals surface area contributed by atoms with Gasteiger partial charge >= 0.3 is 0 Å². The van der Waals surface area contributed by atoms with Gasteiger partial charge in [-0.1, -0.05) is 36.4 Å². The molecule has 0 unspecified atom stereocenters. The second-order valence-electron chi connectivity index (χ2n) is 7.42. The van der Waals surface area contributed by atoms with Crippen molar-refractivity contribution < 1.29 is 9.53 Å². The van der Waals surface area contributed by atoms with E-state index in [1.54, 1.807) is 4.68 Å². The molecule has 7 nitrogen and oxygen atoms in total. The van der Waals surface area contributed by atoms with Crippen molar-refractivity contribution in [1.29, 1.82) is 0 Å². The first-order valence-electron chi connectivity index (χ1n) is 9.92. The summed E-state index contributed by atoms with van der Waals surface area (Å²) in [4.78, 5) is 19.5. The number of aromatic nitrogens is 3. The van der Waals surface area contributed by atoms with E-state index in [4.69, 9.17) is 14.8 Å². The maximum Gasteiger partial charge on any atom is 0.226 e. The van der Waals surface area contributed by atoms with Crippen LogP contribution >= 0.6 is 0 Å². The highest BCUT2D eigenvalue weighted by atomic mass is 16.5. The van der Waals surface area contributed by atoms with E-state index in [9.17, 15) is 4.79 Å². The highest BCUT2D eigenvalue weighted by Crippen LogP contribution is 2.44. The summed E-state index contributed by atoms with van der Waals surface area (Å²) in [6.45, 7) is 2.98. The predicted octanol–water partition coefficient (Wildman–Crippen LogP) is 2.79. The van der Waals surface area contributed by atoms with Crippen LogP contribution < -0.4 is 10.2 Å². The molecular weight excluding hydrogens is 366 g/mol. The van der Waals surface area contributed by atoms with E-state index in [1.807, 2.05) is 37.5 Å². The summed E-state index contributed by atoms with van der Waals surface area (Å²) in [7, 11) is 1.88. The molecule has 1 fully saturated rings. The number of anilines is 2. The van der Waals surface area contributed by atoms with Gasteiger partial charge in [0.1, 0.15) is 11.6 Å². The van der Waals surface area contributed by atoms with Gasteiger partial charge in [-0.2, -0.15) is 5.10 Å². The zero-order valence-electron chi connectivity index (χ0n) is 16.3. The molecule has 5 rings (SSSR count). The fourth-order valence-corrected chi connectivity index (χ4v) is 4.28. The smallest absolute Gasteiger partial charge is 0.226 e. The lowest BCUT2D eigenvalue weighted by Crippen LogP contribution is -2.38. The first-order valence-corrected chi connectivity index (χ1v) is 9.92. The van der Waals surface area contributed by atoms with Crippen molar-refractivity contribution in [3.8, 4) is 11.3 Å². The largest absolute Gasteiger partial charge is 0.378 e. The average Bonchev–Trinajstić information content (AvgIpc) is 3.11. The predicted molar refractivity (Wildman–Crippen MR) is 111 cm³/mol. The molecule has 1 amide bonds. The fourth-order valence-electron chi connectivity index (χ4n) is 4.28. The SMILES string of the molecule is Cn1nc(-c2ccccc2)c2c1NC(=O)C[C@@H]2c1cccnc1N1CCOCC1. The first-order chi connectivity index (χ1) is 14.2. The van der Waals surface area contributed by atoms with Gasteiger partial charge in [-0.3, -0.25) is 9.48 Å². The van der Waals surface area contributed by atoms with E-state index < -0.39 is 0 Å². The van der Waals surface area contributed by atoms with Gasteiger partial charge in [0, 0.05) is 55.4 Å².